The molecule has 136 valence electrons. The number of ether oxygens (including phenoxy) is 1. The van der Waals surface area contributed by atoms with Gasteiger partial charge in [-0.2, -0.15) is 0 Å². The van der Waals surface area contributed by atoms with E-state index in [1.807, 2.05) is 0 Å². The summed E-state index contributed by atoms with van der Waals surface area (Å²) in [6.07, 6.45) is 5.23. The molecule has 25 heavy (non-hydrogen) atoms. The Balaban J connectivity index is 1.73. The van der Waals surface area contributed by atoms with Crippen LogP contribution in [0.3, 0.4) is 0 Å². The first-order valence-corrected chi connectivity index (χ1v) is 11.1. The van der Waals surface area contributed by atoms with Gasteiger partial charge in [0.15, 0.2) is 5.16 Å². The number of methoxy groups -OCH3 is 1. The summed E-state index contributed by atoms with van der Waals surface area (Å²) in [6.45, 7) is 1.01. The number of aromatic nitrogens is 2. The second-order valence-electron chi connectivity index (χ2n) is 6.71. The van der Waals surface area contributed by atoms with Crippen LogP contribution in [-0.2, 0) is 24.1 Å². The van der Waals surface area contributed by atoms with E-state index in [1.54, 1.807) is 34.8 Å². The van der Waals surface area contributed by atoms with Gasteiger partial charge < -0.3 is 4.74 Å². The first kappa shape index (κ1) is 18.1. The molecule has 0 spiro atoms. The van der Waals surface area contributed by atoms with Crippen LogP contribution in [0.5, 0.6) is 0 Å². The average Bonchev–Trinajstić information content (AvgIpc) is 3.02. The molecule has 2 heterocycles. The van der Waals surface area contributed by atoms with E-state index < -0.39 is 4.33 Å². The molecule has 8 heteroatoms. The normalized spacial score (nSPS) is 21.5. The highest BCUT2D eigenvalue weighted by Crippen LogP contribution is 2.54. The van der Waals surface area contributed by atoms with Crippen LogP contribution in [0.2, 0.25) is 0 Å². The number of hydrogen-bond acceptors (Lipinski definition) is 5. The van der Waals surface area contributed by atoms with Gasteiger partial charge in [-0.3, -0.25) is 9.36 Å². The Morgan fingerprint density at radius 1 is 1.40 bits per heavy atom. The number of thioether (sulfide) groups is 1. The van der Waals surface area contributed by atoms with E-state index in [4.69, 9.17) is 32.9 Å². The highest BCUT2D eigenvalue weighted by Gasteiger charge is 2.51. The summed E-state index contributed by atoms with van der Waals surface area (Å²) in [5.74, 6) is 1.05. The molecule has 0 bridgehead atoms. The number of halogens is 2. The summed E-state index contributed by atoms with van der Waals surface area (Å²) in [6, 6.07) is 0. The van der Waals surface area contributed by atoms with Crippen molar-refractivity contribution in [1.82, 2.24) is 9.55 Å². The highest BCUT2D eigenvalue weighted by molar-refractivity contribution is 7.99. The zero-order valence-electron chi connectivity index (χ0n) is 14.0. The van der Waals surface area contributed by atoms with Crippen LogP contribution in [-0.4, -0.2) is 33.4 Å². The van der Waals surface area contributed by atoms with Crippen molar-refractivity contribution in [3.63, 3.8) is 0 Å². The molecule has 2 aromatic rings. The van der Waals surface area contributed by atoms with E-state index in [0.717, 1.165) is 46.8 Å². The molecule has 0 saturated heterocycles. The minimum atomic E-state index is -0.600. The third-order valence-electron chi connectivity index (χ3n) is 4.93. The van der Waals surface area contributed by atoms with Crippen molar-refractivity contribution in [3.8, 4) is 0 Å². The van der Waals surface area contributed by atoms with Crippen LogP contribution in [0.1, 0.15) is 29.7 Å². The van der Waals surface area contributed by atoms with Gasteiger partial charge in [-0.15, -0.1) is 34.5 Å². The van der Waals surface area contributed by atoms with Crippen LogP contribution < -0.4 is 5.56 Å². The Labute approximate surface area is 164 Å². The fourth-order valence-electron chi connectivity index (χ4n) is 3.34. The van der Waals surface area contributed by atoms with E-state index in [2.05, 4.69) is 0 Å². The van der Waals surface area contributed by atoms with Gasteiger partial charge in [0.1, 0.15) is 9.16 Å². The zero-order valence-corrected chi connectivity index (χ0v) is 17.2. The Hall–Kier alpha value is -0.270. The molecule has 0 aromatic carbocycles. The lowest BCUT2D eigenvalue weighted by Crippen LogP contribution is -2.25. The largest absolute Gasteiger partial charge is 0.383 e. The maximum atomic E-state index is 13.2. The maximum Gasteiger partial charge on any atom is 0.263 e. The quantitative estimate of drug-likeness (QED) is 0.399. The summed E-state index contributed by atoms with van der Waals surface area (Å²) in [4.78, 5) is 20.3. The van der Waals surface area contributed by atoms with Gasteiger partial charge in [-0.05, 0) is 37.7 Å². The standard InChI is InChI=1S/C17H20Cl2N2O2S2/c1-23-7-6-21-15(22)13-11-4-2-3-5-12(11)25-14(13)20-16(21)24-9-10-8-17(10,18)19/h10H,2-9H2,1H3/t10-/m0/s1. The van der Waals surface area contributed by atoms with Crippen molar-refractivity contribution in [2.75, 3.05) is 19.5 Å². The molecule has 2 aliphatic carbocycles. The molecule has 2 aromatic heterocycles. The first-order chi connectivity index (χ1) is 12.0. The summed E-state index contributed by atoms with van der Waals surface area (Å²) in [5, 5.41) is 1.58. The minimum absolute atomic E-state index is 0.0720. The number of aryl methyl sites for hydroxylation is 2. The Kier molecular flexibility index (Phi) is 5.10. The van der Waals surface area contributed by atoms with Crippen molar-refractivity contribution in [1.29, 1.82) is 0 Å². The van der Waals surface area contributed by atoms with Crippen molar-refractivity contribution >= 4 is 56.5 Å². The fourth-order valence-corrected chi connectivity index (χ4v) is 6.59. The summed E-state index contributed by atoms with van der Waals surface area (Å²) >= 11 is 15.5. The molecule has 0 unspecified atom stereocenters. The Bertz CT molecular complexity index is 862. The molecular weight excluding hydrogens is 399 g/mol. The van der Waals surface area contributed by atoms with Crippen molar-refractivity contribution in [2.24, 2.45) is 5.92 Å². The molecule has 0 aliphatic heterocycles. The predicted octanol–water partition coefficient (Wildman–Crippen LogP) is 4.27. The molecule has 0 N–H and O–H groups in total. The second kappa shape index (κ2) is 7.04. The third-order valence-corrected chi connectivity index (χ3v) is 8.18. The molecule has 0 radical (unpaired) electrons. The van der Waals surface area contributed by atoms with Gasteiger partial charge in [0.05, 0.1) is 18.5 Å². The number of alkyl halides is 2. The van der Waals surface area contributed by atoms with Crippen molar-refractivity contribution in [3.05, 3.63) is 20.8 Å². The van der Waals surface area contributed by atoms with Crippen molar-refractivity contribution < 1.29 is 4.74 Å². The lowest BCUT2D eigenvalue weighted by Gasteiger charge is -2.13. The summed E-state index contributed by atoms with van der Waals surface area (Å²) in [7, 11) is 1.65. The lowest BCUT2D eigenvalue weighted by atomic mass is 9.97. The zero-order chi connectivity index (χ0) is 17.6. The fraction of sp³-hybridized carbons (Fsp3) is 0.647. The molecule has 0 amide bonds. The number of thiophene rings is 1. The summed E-state index contributed by atoms with van der Waals surface area (Å²) < 4.78 is 6.36. The van der Waals surface area contributed by atoms with E-state index in [0.29, 0.717) is 13.2 Å². The predicted molar refractivity (Wildman–Crippen MR) is 106 cm³/mol. The van der Waals surface area contributed by atoms with E-state index in [1.165, 1.54) is 16.9 Å². The van der Waals surface area contributed by atoms with Crippen molar-refractivity contribution in [2.45, 2.75) is 48.1 Å². The number of fused-ring (bicyclic) bond motifs is 3. The first-order valence-electron chi connectivity index (χ1n) is 8.56. The molecule has 4 nitrogen and oxygen atoms in total. The van der Waals surface area contributed by atoms with Crippen LogP contribution in [0.25, 0.3) is 10.2 Å². The molecule has 1 saturated carbocycles. The monoisotopic (exact) mass is 418 g/mol. The molecule has 1 atom stereocenters. The Morgan fingerprint density at radius 3 is 2.88 bits per heavy atom. The van der Waals surface area contributed by atoms with Gasteiger partial charge in [0.2, 0.25) is 0 Å². The maximum absolute atomic E-state index is 13.2. The van der Waals surface area contributed by atoms with Crippen LogP contribution in [0.4, 0.5) is 0 Å². The number of nitrogens with zero attached hydrogens (tertiary/aromatic N) is 2. The molecule has 1 fully saturated rings. The smallest absolute Gasteiger partial charge is 0.263 e. The average molecular weight is 419 g/mol. The van der Waals surface area contributed by atoms with E-state index in [-0.39, 0.29) is 11.5 Å². The summed E-state index contributed by atoms with van der Waals surface area (Å²) in [5.41, 5.74) is 1.30. The topological polar surface area (TPSA) is 44.1 Å². The molecule has 4 rings (SSSR count). The van der Waals surface area contributed by atoms with Gasteiger partial charge in [-0.1, -0.05) is 11.8 Å². The third kappa shape index (κ3) is 3.48. The second-order valence-corrected chi connectivity index (χ2v) is 10.3. The minimum Gasteiger partial charge on any atom is -0.383 e. The molecular formula is C17H20Cl2N2O2S2. The Morgan fingerprint density at radius 2 is 2.16 bits per heavy atom. The number of rotatable bonds is 6. The molecule has 2 aliphatic rings. The van der Waals surface area contributed by atoms with Gasteiger partial charge >= 0.3 is 0 Å². The van der Waals surface area contributed by atoms with Gasteiger partial charge in [0.25, 0.3) is 5.56 Å². The van der Waals surface area contributed by atoms with E-state index >= 15 is 0 Å². The SMILES string of the molecule is COCCn1c(SC[C@@H]2CC2(Cl)Cl)nc2sc3c(c2c1=O)CCCC3. The van der Waals surface area contributed by atoms with Gasteiger partial charge in [-0.25, -0.2) is 4.98 Å². The van der Waals surface area contributed by atoms with E-state index in [9.17, 15) is 4.79 Å². The van der Waals surface area contributed by atoms with Gasteiger partial charge in [0, 0.05) is 23.7 Å². The van der Waals surface area contributed by atoms with Crippen LogP contribution in [0, 0.1) is 5.92 Å². The highest BCUT2D eigenvalue weighted by atomic mass is 35.5. The van der Waals surface area contributed by atoms with Crippen LogP contribution in [0.15, 0.2) is 9.95 Å². The lowest BCUT2D eigenvalue weighted by molar-refractivity contribution is 0.183. The van der Waals surface area contributed by atoms with Crippen LogP contribution >= 0.6 is 46.3 Å². The number of hydrogen-bond donors (Lipinski definition) is 0.